The highest BCUT2D eigenvalue weighted by molar-refractivity contribution is 9.10. The van der Waals surface area contributed by atoms with E-state index in [-0.39, 0.29) is 36.3 Å². The Balaban J connectivity index is 1.69. The molecule has 2 aromatic rings. The molecular formula is C21H22BrFN2O3. The van der Waals surface area contributed by atoms with E-state index in [1.165, 1.54) is 6.07 Å². The van der Waals surface area contributed by atoms with E-state index in [4.69, 9.17) is 0 Å². The number of carbonyl (C=O) groups excluding carboxylic acids is 3. The topological polar surface area (TPSA) is 75.3 Å². The summed E-state index contributed by atoms with van der Waals surface area (Å²) in [6.45, 7) is 1.90. The molecular weight excluding hydrogens is 427 g/mol. The first-order valence-electron chi connectivity index (χ1n) is 8.96. The molecule has 0 spiro atoms. The third-order valence-electron chi connectivity index (χ3n) is 4.15. The van der Waals surface area contributed by atoms with E-state index in [2.05, 4.69) is 26.6 Å². The zero-order chi connectivity index (χ0) is 20.5. The van der Waals surface area contributed by atoms with Gasteiger partial charge in [0.2, 0.25) is 11.8 Å². The first kappa shape index (κ1) is 21.8. The number of ketones is 1. The summed E-state index contributed by atoms with van der Waals surface area (Å²) in [5.74, 6) is -1.17. The van der Waals surface area contributed by atoms with E-state index in [1.807, 2.05) is 0 Å². The molecule has 0 aliphatic heterocycles. The van der Waals surface area contributed by atoms with Crippen LogP contribution in [-0.4, -0.2) is 30.2 Å². The molecule has 0 saturated heterocycles. The first-order chi connectivity index (χ1) is 13.4. The average Bonchev–Trinajstić information content (AvgIpc) is 2.68. The van der Waals surface area contributed by atoms with Crippen LogP contribution in [-0.2, 0) is 16.0 Å². The third kappa shape index (κ3) is 6.88. The molecule has 0 aliphatic carbocycles. The molecule has 2 N–H and O–H groups in total. The Hall–Kier alpha value is -2.54. The summed E-state index contributed by atoms with van der Waals surface area (Å²) in [6.07, 6.45) is 0.356. The molecule has 0 heterocycles. The van der Waals surface area contributed by atoms with Crippen LogP contribution in [0.15, 0.2) is 53.0 Å². The minimum atomic E-state index is -0.683. The van der Waals surface area contributed by atoms with E-state index in [0.29, 0.717) is 24.1 Å². The predicted molar refractivity (Wildman–Crippen MR) is 108 cm³/mol. The largest absolute Gasteiger partial charge is 0.356 e. The van der Waals surface area contributed by atoms with Crippen LogP contribution in [0.4, 0.5) is 4.39 Å². The molecule has 0 saturated carbocycles. The lowest BCUT2D eigenvalue weighted by Crippen LogP contribution is -2.39. The number of Topliss-reactive ketones (excluding diaryl/α,β-unsaturated/α-hetero) is 1. The molecule has 0 aliphatic rings. The third-order valence-corrected chi connectivity index (χ3v) is 4.68. The lowest BCUT2D eigenvalue weighted by Gasteiger charge is -2.13. The van der Waals surface area contributed by atoms with Crippen LogP contribution in [0, 0.1) is 5.82 Å². The SMILES string of the molecule is C[C@H](NC(=O)CCC(=O)NCCc1ccccc1F)C(=O)c1ccc(Br)cc1. The van der Waals surface area contributed by atoms with Gasteiger partial charge in [0.05, 0.1) is 6.04 Å². The van der Waals surface area contributed by atoms with Crippen LogP contribution < -0.4 is 10.6 Å². The smallest absolute Gasteiger partial charge is 0.221 e. The molecule has 2 amide bonds. The highest BCUT2D eigenvalue weighted by atomic mass is 79.9. The van der Waals surface area contributed by atoms with Crippen molar-refractivity contribution in [3.05, 3.63) is 69.9 Å². The Morgan fingerprint density at radius 2 is 1.64 bits per heavy atom. The molecule has 1 atom stereocenters. The van der Waals surface area contributed by atoms with Crippen molar-refractivity contribution < 1.29 is 18.8 Å². The average molecular weight is 449 g/mol. The Morgan fingerprint density at radius 1 is 1.00 bits per heavy atom. The number of carbonyl (C=O) groups is 3. The van der Waals surface area contributed by atoms with Crippen molar-refractivity contribution in [1.29, 1.82) is 0 Å². The van der Waals surface area contributed by atoms with Gasteiger partial charge in [0.25, 0.3) is 0 Å². The fourth-order valence-electron chi connectivity index (χ4n) is 2.60. The van der Waals surface area contributed by atoms with Crippen molar-refractivity contribution in [3.63, 3.8) is 0 Å². The fourth-order valence-corrected chi connectivity index (χ4v) is 2.86. The second kappa shape index (κ2) is 10.7. The monoisotopic (exact) mass is 448 g/mol. The number of amides is 2. The summed E-state index contributed by atoms with van der Waals surface area (Å²) in [6, 6.07) is 12.6. The Kier molecular flexibility index (Phi) is 8.32. The van der Waals surface area contributed by atoms with Gasteiger partial charge in [-0.15, -0.1) is 0 Å². The van der Waals surface area contributed by atoms with Gasteiger partial charge < -0.3 is 10.6 Å². The fraction of sp³-hybridized carbons (Fsp3) is 0.286. The van der Waals surface area contributed by atoms with Crippen LogP contribution >= 0.6 is 15.9 Å². The van der Waals surface area contributed by atoms with Crippen LogP contribution in [0.3, 0.4) is 0 Å². The molecule has 0 radical (unpaired) electrons. The summed E-state index contributed by atoms with van der Waals surface area (Å²) >= 11 is 3.30. The maximum atomic E-state index is 13.5. The zero-order valence-corrected chi connectivity index (χ0v) is 17.1. The van der Waals surface area contributed by atoms with E-state index in [1.54, 1.807) is 49.4 Å². The molecule has 0 aromatic heterocycles. The van der Waals surface area contributed by atoms with Gasteiger partial charge in [0, 0.05) is 29.4 Å². The Labute approximate surface area is 171 Å². The molecule has 0 fully saturated rings. The highest BCUT2D eigenvalue weighted by Gasteiger charge is 2.17. The van der Waals surface area contributed by atoms with Gasteiger partial charge in [0.1, 0.15) is 5.82 Å². The lowest BCUT2D eigenvalue weighted by molar-refractivity contribution is -0.126. The minimum absolute atomic E-state index is 0.00228. The minimum Gasteiger partial charge on any atom is -0.356 e. The van der Waals surface area contributed by atoms with E-state index >= 15 is 0 Å². The van der Waals surface area contributed by atoms with E-state index < -0.39 is 6.04 Å². The van der Waals surface area contributed by atoms with Gasteiger partial charge in [0.15, 0.2) is 5.78 Å². The second-order valence-electron chi connectivity index (χ2n) is 6.35. The zero-order valence-electron chi connectivity index (χ0n) is 15.5. The van der Waals surface area contributed by atoms with Crippen LogP contribution in [0.2, 0.25) is 0 Å². The van der Waals surface area contributed by atoms with Crippen LogP contribution in [0.1, 0.15) is 35.7 Å². The number of nitrogens with one attached hydrogen (secondary N) is 2. The van der Waals surface area contributed by atoms with Gasteiger partial charge in [-0.2, -0.15) is 0 Å². The normalized spacial score (nSPS) is 11.5. The molecule has 148 valence electrons. The number of benzene rings is 2. The maximum absolute atomic E-state index is 13.5. The number of hydrogen-bond donors (Lipinski definition) is 2. The molecule has 2 aromatic carbocycles. The van der Waals surface area contributed by atoms with Gasteiger partial charge in [-0.25, -0.2) is 4.39 Å². The summed E-state index contributed by atoms with van der Waals surface area (Å²) in [5.41, 5.74) is 1.03. The van der Waals surface area contributed by atoms with Crippen molar-refractivity contribution in [1.82, 2.24) is 10.6 Å². The number of halogens is 2. The molecule has 0 unspecified atom stereocenters. The summed E-state index contributed by atoms with van der Waals surface area (Å²) in [7, 11) is 0. The van der Waals surface area contributed by atoms with Gasteiger partial charge in [-0.1, -0.05) is 46.3 Å². The first-order valence-corrected chi connectivity index (χ1v) is 9.75. The standard InChI is InChI=1S/C21H22BrFN2O3/c1-14(21(28)16-6-8-17(22)9-7-16)25-20(27)11-10-19(26)24-13-12-15-4-2-3-5-18(15)23/h2-9,14H,10-13H2,1H3,(H,24,26)(H,25,27)/t14-/m0/s1. The van der Waals surface area contributed by atoms with Crippen molar-refractivity contribution in [2.75, 3.05) is 6.54 Å². The van der Waals surface area contributed by atoms with Crippen LogP contribution in [0.5, 0.6) is 0 Å². The summed E-state index contributed by atoms with van der Waals surface area (Å²) < 4.78 is 14.4. The molecule has 0 bridgehead atoms. The van der Waals surface area contributed by atoms with Crippen molar-refractivity contribution in [2.45, 2.75) is 32.2 Å². The summed E-state index contributed by atoms with van der Waals surface area (Å²) in [5, 5.41) is 5.27. The molecule has 7 heteroatoms. The van der Waals surface area contributed by atoms with E-state index in [9.17, 15) is 18.8 Å². The molecule has 2 rings (SSSR count). The number of rotatable bonds is 9. The summed E-state index contributed by atoms with van der Waals surface area (Å²) in [4.78, 5) is 36.1. The Morgan fingerprint density at radius 3 is 2.32 bits per heavy atom. The number of hydrogen-bond acceptors (Lipinski definition) is 3. The Bertz CT molecular complexity index is 840. The van der Waals surface area contributed by atoms with Gasteiger partial charge in [-0.05, 0) is 37.1 Å². The molecule has 5 nitrogen and oxygen atoms in total. The predicted octanol–water partition coefficient (Wildman–Crippen LogP) is 3.41. The molecule has 28 heavy (non-hydrogen) atoms. The van der Waals surface area contributed by atoms with Gasteiger partial charge >= 0.3 is 0 Å². The lowest BCUT2D eigenvalue weighted by atomic mass is 10.1. The highest BCUT2D eigenvalue weighted by Crippen LogP contribution is 2.12. The van der Waals surface area contributed by atoms with Crippen LogP contribution in [0.25, 0.3) is 0 Å². The van der Waals surface area contributed by atoms with Crippen molar-refractivity contribution >= 4 is 33.5 Å². The van der Waals surface area contributed by atoms with E-state index in [0.717, 1.165) is 4.47 Å². The maximum Gasteiger partial charge on any atom is 0.221 e. The van der Waals surface area contributed by atoms with Gasteiger partial charge in [-0.3, -0.25) is 14.4 Å². The van der Waals surface area contributed by atoms with Crippen molar-refractivity contribution in [2.24, 2.45) is 0 Å². The second-order valence-corrected chi connectivity index (χ2v) is 7.27. The quantitative estimate of drug-likeness (QED) is 0.577. The van der Waals surface area contributed by atoms with Crippen molar-refractivity contribution in [3.8, 4) is 0 Å².